The summed E-state index contributed by atoms with van der Waals surface area (Å²) in [6.45, 7) is 7.46. The number of hydrogen-bond acceptors (Lipinski definition) is 4. The van der Waals surface area contributed by atoms with E-state index in [2.05, 4.69) is 29.0 Å². The Morgan fingerprint density at radius 1 is 1.23 bits per heavy atom. The van der Waals surface area contributed by atoms with Crippen molar-refractivity contribution >= 4 is 11.7 Å². The lowest BCUT2D eigenvalue weighted by Gasteiger charge is -2.16. The van der Waals surface area contributed by atoms with E-state index >= 15 is 0 Å². The zero-order valence-electron chi connectivity index (χ0n) is 15.6. The first-order chi connectivity index (χ1) is 12.6. The standard InChI is InChI=1S/C21H27N3O2/c1-16(2)15-26-19-7-5-6-18(12-19)21(25)23-14-17-8-9-20(22-13-17)24-10-3-4-11-24/h5-9,12-13,16H,3-4,10-11,14-15H2,1-2H3,(H,23,25). The van der Waals surface area contributed by atoms with Crippen LogP contribution in [-0.4, -0.2) is 30.6 Å². The van der Waals surface area contributed by atoms with Gasteiger partial charge in [-0.05, 0) is 48.6 Å². The molecule has 0 aliphatic carbocycles. The van der Waals surface area contributed by atoms with Gasteiger partial charge in [0.15, 0.2) is 0 Å². The molecule has 0 saturated carbocycles. The molecular formula is C21H27N3O2. The van der Waals surface area contributed by atoms with Gasteiger partial charge in [-0.15, -0.1) is 0 Å². The molecule has 26 heavy (non-hydrogen) atoms. The normalized spacial score (nSPS) is 13.9. The molecule has 1 aromatic heterocycles. The summed E-state index contributed by atoms with van der Waals surface area (Å²) < 4.78 is 5.69. The number of benzene rings is 1. The van der Waals surface area contributed by atoms with Gasteiger partial charge >= 0.3 is 0 Å². The molecule has 0 atom stereocenters. The Morgan fingerprint density at radius 3 is 2.73 bits per heavy atom. The van der Waals surface area contributed by atoms with Crippen LogP contribution in [0.5, 0.6) is 5.75 Å². The Bertz CT molecular complexity index is 722. The summed E-state index contributed by atoms with van der Waals surface area (Å²) in [7, 11) is 0. The molecule has 5 nitrogen and oxygen atoms in total. The number of amides is 1. The van der Waals surface area contributed by atoms with E-state index in [9.17, 15) is 4.79 Å². The van der Waals surface area contributed by atoms with Crippen molar-refractivity contribution < 1.29 is 9.53 Å². The van der Waals surface area contributed by atoms with Crippen molar-refractivity contribution in [3.63, 3.8) is 0 Å². The molecule has 0 radical (unpaired) electrons. The van der Waals surface area contributed by atoms with Crippen molar-refractivity contribution in [1.82, 2.24) is 10.3 Å². The van der Waals surface area contributed by atoms with Gasteiger partial charge in [-0.2, -0.15) is 0 Å². The first-order valence-electron chi connectivity index (χ1n) is 9.33. The van der Waals surface area contributed by atoms with E-state index in [0.717, 1.165) is 30.2 Å². The monoisotopic (exact) mass is 353 g/mol. The molecule has 1 aromatic carbocycles. The maximum atomic E-state index is 12.4. The summed E-state index contributed by atoms with van der Waals surface area (Å²) in [5.74, 6) is 2.09. The van der Waals surface area contributed by atoms with Crippen molar-refractivity contribution in [2.24, 2.45) is 5.92 Å². The molecule has 0 unspecified atom stereocenters. The van der Waals surface area contributed by atoms with Crippen LogP contribution in [0, 0.1) is 5.92 Å². The third-order valence-corrected chi connectivity index (χ3v) is 4.37. The molecule has 1 fully saturated rings. The van der Waals surface area contributed by atoms with Crippen LogP contribution in [0.1, 0.15) is 42.6 Å². The number of nitrogens with one attached hydrogen (secondary N) is 1. The molecule has 1 saturated heterocycles. The van der Waals surface area contributed by atoms with Crippen molar-refractivity contribution in [3.8, 4) is 5.75 Å². The second-order valence-electron chi connectivity index (χ2n) is 7.13. The Morgan fingerprint density at radius 2 is 2.04 bits per heavy atom. The van der Waals surface area contributed by atoms with Gasteiger partial charge in [-0.25, -0.2) is 4.98 Å². The van der Waals surface area contributed by atoms with Gasteiger partial charge < -0.3 is 15.0 Å². The highest BCUT2D eigenvalue weighted by Crippen LogP contribution is 2.18. The molecule has 1 aliphatic heterocycles. The largest absolute Gasteiger partial charge is 0.493 e. The molecule has 1 amide bonds. The van der Waals surface area contributed by atoms with Gasteiger partial charge in [0.1, 0.15) is 11.6 Å². The Labute approximate surface area is 155 Å². The van der Waals surface area contributed by atoms with E-state index in [1.807, 2.05) is 30.5 Å². The summed E-state index contributed by atoms with van der Waals surface area (Å²) >= 11 is 0. The zero-order valence-corrected chi connectivity index (χ0v) is 15.6. The minimum atomic E-state index is -0.108. The minimum absolute atomic E-state index is 0.108. The fourth-order valence-corrected chi connectivity index (χ4v) is 2.93. The molecule has 2 heterocycles. The molecule has 1 aliphatic rings. The molecular weight excluding hydrogens is 326 g/mol. The summed E-state index contributed by atoms with van der Waals surface area (Å²) in [6.07, 6.45) is 4.31. The van der Waals surface area contributed by atoms with Gasteiger partial charge in [0.2, 0.25) is 0 Å². The van der Waals surface area contributed by atoms with Gasteiger partial charge in [0, 0.05) is 31.4 Å². The third-order valence-electron chi connectivity index (χ3n) is 4.37. The first-order valence-corrected chi connectivity index (χ1v) is 9.33. The lowest BCUT2D eigenvalue weighted by atomic mass is 10.2. The fourth-order valence-electron chi connectivity index (χ4n) is 2.93. The number of aromatic nitrogens is 1. The van der Waals surface area contributed by atoms with Crippen LogP contribution in [0.25, 0.3) is 0 Å². The lowest BCUT2D eigenvalue weighted by Crippen LogP contribution is -2.23. The molecule has 138 valence electrons. The smallest absolute Gasteiger partial charge is 0.251 e. The van der Waals surface area contributed by atoms with E-state index < -0.39 is 0 Å². The SMILES string of the molecule is CC(C)COc1cccc(C(=O)NCc2ccc(N3CCCC3)nc2)c1. The number of carbonyl (C=O) groups excluding carboxylic acids is 1. The van der Waals surface area contributed by atoms with Crippen LogP contribution in [0.4, 0.5) is 5.82 Å². The van der Waals surface area contributed by atoms with Crippen molar-refractivity contribution in [2.45, 2.75) is 33.2 Å². The van der Waals surface area contributed by atoms with Gasteiger partial charge in [-0.3, -0.25) is 4.79 Å². The topological polar surface area (TPSA) is 54.5 Å². The Kier molecular flexibility index (Phi) is 6.10. The third kappa shape index (κ3) is 4.97. The highest BCUT2D eigenvalue weighted by Gasteiger charge is 2.13. The van der Waals surface area contributed by atoms with Gasteiger partial charge in [0.25, 0.3) is 5.91 Å². The molecule has 0 spiro atoms. The zero-order chi connectivity index (χ0) is 18.4. The molecule has 5 heteroatoms. The van der Waals surface area contributed by atoms with Crippen LogP contribution in [0.15, 0.2) is 42.6 Å². The Balaban J connectivity index is 1.54. The summed E-state index contributed by atoms with van der Waals surface area (Å²) in [6, 6.07) is 11.4. The molecule has 3 rings (SSSR count). The highest BCUT2D eigenvalue weighted by molar-refractivity contribution is 5.94. The average Bonchev–Trinajstić information content (AvgIpc) is 3.20. The van der Waals surface area contributed by atoms with Gasteiger partial charge in [0.05, 0.1) is 6.61 Å². The van der Waals surface area contributed by atoms with Crippen LogP contribution >= 0.6 is 0 Å². The van der Waals surface area contributed by atoms with Crippen LogP contribution < -0.4 is 15.0 Å². The quantitative estimate of drug-likeness (QED) is 0.825. The predicted molar refractivity (Wildman–Crippen MR) is 104 cm³/mol. The van der Waals surface area contributed by atoms with Crippen LogP contribution in [-0.2, 0) is 6.54 Å². The second-order valence-corrected chi connectivity index (χ2v) is 7.13. The lowest BCUT2D eigenvalue weighted by molar-refractivity contribution is 0.0950. The summed E-state index contributed by atoms with van der Waals surface area (Å²) in [4.78, 5) is 19.2. The van der Waals surface area contributed by atoms with Crippen molar-refractivity contribution in [1.29, 1.82) is 0 Å². The van der Waals surface area contributed by atoms with E-state index in [1.165, 1.54) is 12.8 Å². The minimum Gasteiger partial charge on any atom is -0.493 e. The van der Waals surface area contributed by atoms with Crippen LogP contribution in [0.3, 0.4) is 0 Å². The highest BCUT2D eigenvalue weighted by atomic mass is 16.5. The van der Waals surface area contributed by atoms with Gasteiger partial charge in [-0.1, -0.05) is 26.0 Å². The van der Waals surface area contributed by atoms with Crippen molar-refractivity contribution in [2.75, 3.05) is 24.6 Å². The number of anilines is 1. The number of rotatable bonds is 7. The fraction of sp³-hybridized carbons (Fsp3) is 0.429. The maximum absolute atomic E-state index is 12.4. The maximum Gasteiger partial charge on any atom is 0.251 e. The van der Waals surface area contributed by atoms with Crippen LogP contribution in [0.2, 0.25) is 0 Å². The number of pyridine rings is 1. The average molecular weight is 353 g/mol. The molecule has 0 bridgehead atoms. The number of hydrogen-bond donors (Lipinski definition) is 1. The van der Waals surface area contributed by atoms with E-state index in [1.54, 1.807) is 12.1 Å². The second kappa shape index (κ2) is 8.70. The predicted octanol–water partition coefficient (Wildman–Crippen LogP) is 3.65. The molecule has 2 aromatic rings. The number of ether oxygens (including phenoxy) is 1. The van der Waals surface area contributed by atoms with E-state index in [4.69, 9.17) is 4.74 Å². The summed E-state index contributed by atoms with van der Waals surface area (Å²) in [5, 5.41) is 2.95. The first kappa shape index (κ1) is 18.2. The Hall–Kier alpha value is -2.56. The number of carbonyl (C=O) groups is 1. The van der Waals surface area contributed by atoms with E-state index in [-0.39, 0.29) is 5.91 Å². The number of nitrogens with zero attached hydrogens (tertiary/aromatic N) is 2. The van der Waals surface area contributed by atoms with E-state index in [0.29, 0.717) is 24.6 Å². The van der Waals surface area contributed by atoms with Crippen molar-refractivity contribution in [3.05, 3.63) is 53.7 Å². The summed E-state index contributed by atoms with van der Waals surface area (Å²) in [5.41, 5.74) is 1.60. The molecule has 1 N–H and O–H groups in total.